The number of rotatable bonds is 6. The van der Waals surface area contributed by atoms with E-state index in [1.165, 1.54) is 19.0 Å². The number of nitrogens with one attached hydrogen (secondary N) is 1. The van der Waals surface area contributed by atoms with Crippen LogP contribution in [0.2, 0.25) is 0 Å². The molecule has 0 radical (unpaired) electrons. The Bertz CT molecular complexity index is 1210. The van der Waals surface area contributed by atoms with E-state index in [0.717, 1.165) is 97.1 Å². The molecule has 0 atom stereocenters. The Morgan fingerprint density at radius 3 is 2.22 bits per heavy atom. The van der Waals surface area contributed by atoms with Crippen molar-refractivity contribution in [3.63, 3.8) is 0 Å². The van der Waals surface area contributed by atoms with Crippen LogP contribution in [0.5, 0.6) is 0 Å². The number of piperidine rings is 2. The predicted molar refractivity (Wildman–Crippen MR) is 149 cm³/mol. The SMILES string of the molecule is O=C(NC1CCN(CCN2CCC3(CC2)COC3)CC1)c1ncc2nc(N3CCCCCC3)cc(C(F)(F)F)c2n1. The van der Waals surface area contributed by atoms with Crippen LogP contribution in [0, 0.1) is 5.41 Å². The summed E-state index contributed by atoms with van der Waals surface area (Å²) in [6.45, 7) is 9.25. The van der Waals surface area contributed by atoms with Crippen LogP contribution in [0.25, 0.3) is 11.0 Å². The zero-order chi connectivity index (χ0) is 28.5. The van der Waals surface area contributed by atoms with Crippen molar-refractivity contribution in [1.82, 2.24) is 30.1 Å². The summed E-state index contributed by atoms with van der Waals surface area (Å²) in [6, 6.07) is 1.01. The molecule has 2 aromatic heterocycles. The summed E-state index contributed by atoms with van der Waals surface area (Å²) >= 11 is 0. The molecule has 4 fully saturated rings. The van der Waals surface area contributed by atoms with Gasteiger partial charge in [0.25, 0.3) is 5.91 Å². The Balaban J connectivity index is 1.05. The Morgan fingerprint density at radius 2 is 1.61 bits per heavy atom. The summed E-state index contributed by atoms with van der Waals surface area (Å²) < 4.78 is 47.7. The van der Waals surface area contributed by atoms with Gasteiger partial charge in [0.1, 0.15) is 16.9 Å². The first-order chi connectivity index (χ1) is 19.8. The Kier molecular flexibility index (Phi) is 8.33. The highest BCUT2D eigenvalue weighted by Crippen LogP contribution is 2.38. The lowest BCUT2D eigenvalue weighted by Gasteiger charge is -2.47. The average Bonchev–Trinajstić information content (AvgIpc) is 3.25. The molecule has 4 saturated heterocycles. The van der Waals surface area contributed by atoms with E-state index in [-0.39, 0.29) is 28.7 Å². The summed E-state index contributed by atoms with van der Waals surface area (Å²) in [5.41, 5.74) is -0.716. The van der Waals surface area contributed by atoms with Crippen LogP contribution in [0.1, 0.15) is 67.5 Å². The zero-order valence-electron chi connectivity index (χ0n) is 23.6. The maximum Gasteiger partial charge on any atom is 0.418 e. The normalized spacial score (nSPS) is 23.0. The number of anilines is 1. The molecule has 0 aliphatic carbocycles. The van der Waals surface area contributed by atoms with Crippen molar-refractivity contribution in [3.8, 4) is 0 Å². The van der Waals surface area contributed by atoms with E-state index in [0.29, 0.717) is 18.5 Å². The van der Waals surface area contributed by atoms with E-state index in [1.54, 1.807) is 0 Å². The smallest absolute Gasteiger partial charge is 0.380 e. The van der Waals surface area contributed by atoms with Crippen LogP contribution in [0.3, 0.4) is 0 Å². The standard InChI is InChI=1S/C29H40F3N7O2/c30-29(31,32)22-17-24(39-9-3-1-2-4-10-39)35-23-18-33-26(36-25(22)23)27(40)34-21-5-11-37(12-6-21)15-16-38-13-7-28(8-14-38)19-41-20-28/h17-18,21H,1-16,19-20H2,(H,34,40). The van der Waals surface area contributed by atoms with E-state index in [2.05, 4.69) is 30.1 Å². The topological polar surface area (TPSA) is 86.7 Å². The number of pyridine rings is 1. The lowest BCUT2D eigenvalue weighted by atomic mass is 9.77. The monoisotopic (exact) mass is 575 g/mol. The van der Waals surface area contributed by atoms with E-state index in [9.17, 15) is 18.0 Å². The second-order valence-corrected chi connectivity index (χ2v) is 12.3. The van der Waals surface area contributed by atoms with Crippen LogP contribution in [0.4, 0.5) is 19.0 Å². The number of hydrogen-bond acceptors (Lipinski definition) is 8. The minimum Gasteiger partial charge on any atom is -0.380 e. The molecule has 0 saturated carbocycles. The molecule has 0 bridgehead atoms. The van der Waals surface area contributed by atoms with Gasteiger partial charge in [0, 0.05) is 50.7 Å². The molecule has 6 heterocycles. The molecule has 4 aliphatic rings. The predicted octanol–water partition coefficient (Wildman–Crippen LogP) is 3.73. The van der Waals surface area contributed by atoms with Gasteiger partial charge in [0.15, 0.2) is 0 Å². The van der Waals surface area contributed by atoms with Crippen molar-refractivity contribution in [2.75, 3.05) is 70.5 Å². The third-order valence-corrected chi connectivity index (χ3v) is 9.36. The van der Waals surface area contributed by atoms with Gasteiger partial charge in [-0.3, -0.25) is 4.79 Å². The van der Waals surface area contributed by atoms with Gasteiger partial charge in [-0.15, -0.1) is 0 Å². The van der Waals surface area contributed by atoms with E-state index in [1.807, 2.05) is 4.90 Å². The largest absolute Gasteiger partial charge is 0.418 e. The van der Waals surface area contributed by atoms with Gasteiger partial charge < -0.3 is 24.8 Å². The van der Waals surface area contributed by atoms with Gasteiger partial charge in [-0.25, -0.2) is 15.0 Å². The third kappa shape index (κ3) is 6.59. The molecule has 224 valence electrons. The first-order valence-corrected chi connectivity index (χ1v) is 15.1. The van der Waals surface area contributed by atoms with E-state index < -0.39 is 17.6 Å². The van der Waals surface area contributed by atoms with Crippen LogP contribution < -0.4 is 10.2 Å². The number of amides is 1. The number of halogens is 3. The van der Waals surface area contributed by atoms with E-state index in [4.69, 9.17) is 4.74 Å². The molecule has 9 nitrogen and oxygen atoms in total. The number of nitrogens with zero attached hydrogens (tertiary/aromatic N) is 6. The molecule has 1 amide bonds. The number of carbonyl (C=O) groups is 1. The molecular weight excluding hydrogens is 535 g/mol. The van der Waals surface area contributed by atoms with Crippen molar-refractivity contribution in [1.29, 1.82) is 0 Å². The lowest BCUT2D eigenvalue weighted by molar-refractivity contribution is -0.139. The summed E-state index contributed by atoms with van der Waals surface area (Å²) in [6.07, 6.45) is 4.60. The molecular formula is C29H40F3N7O2. The fourth-order valence-corrected chi connectivity index (χ4v) is 6.56. The first kappa shape index (κ1) is 28.5. The van der Waals surface area contributed by atoms with Crippen LogP contribution in [-0.4, -0.2) is 102 Å². The van der Waals surface area contributed by atoms with Gasteiger partial charge in [0.05, 0.1) is 25.0 Å². The molecule has 1 N–H and O–H groups in total. The number of carbonyl (C=O) groups excluding carboxylic acids is 1. The van der Waals surface area contributed by atoms with Crippen LogP contribution in [0.15, 0.2) is 12.3 Å². The highest BCUT2D eigenvalue weighted by atomic mass is 19.4. The van der Waals surface area contributed by atoms with Crippen molar-refractivity contribution in [3.05, 3.63) is 23.7 Å². The minimum atomic E-state index is -4.63. The maximum atomic E-state index is 14.1. The molecule has 1 spiro atoms. The molecule has 0 aromatic carbocycles. The van der Waals surface area contributed by atoms with Crippen LogP contribution >= 0.6 is 0 Å². The number of fused-ring (bicyclic) bond motifs is 1. The van der Waals surface area contributed by atoms with Gasteiger partial charge in [-0.05, 0) is 57.7 Å². The number of hydrogen-bond donors (Lipinski definition) is 1. The molecule has 6 rings (SSSR count). The van der Waals surface area contributed by atoms with Crippen molar-refractivity contribution in [2.45, 2.75) is 63.6 Å². The van der Waals surface area contributed by atoms with E-state index >= 15 is 0 Å². The first-order valence-electron chi connectivity index (χ1n) is 15.1. The quantitative estimate of drug-likeness (QED) is 0.558. The van der Waals surface area contributed by atoms with Gasteiger partial charge in [-0.1, -0.05) is 12.8 Å². The van der Waals surface area contributed by atoms with Crippen molar-refractivity contribution < 1.29 is 22.7 Å². The van der Waals surface area contributed by atoms with Gasteiger partial charge in [0.2, 0.25) is 5.82 Å². The number of likely N-dealkylation sites (tertiary alicyclic amines) is 2. The fraction of sp³-hybridized carbons (Fsp3) is 0.724. The van der Waals surface area contributed by atoms with Crippen molar-refractivity contribution in [2.24, 2.45) is 5.41 Å². The molecule has 12 heteroatoms. The second kappa shape index (κ2) is 12.0. The Hall–Kier alpha value is -2.57. The van der Waals surface area contributed by atoms with Crippen LogP contribution in [-0.2, 0) is 10.9 Å². The average molecular weight is 576 g/mol. The third-order valence-electron chi connectivity index (χ3n) is 9.36. The maximum absolute atomic E-state index is 14.1. The molecule has 41 heavy (non-hydrogen) atoms. The highest BCUT2D eigenvalue weighted by Gasteiger charge is 2.41. The molecule has 4 aliphatic heterocycles. The molecule has 2 aromatic rings. The Morgan fingerprint density at radius 1 is 0.951 bits per heavy atom. The van der Waals surface area contributed by atoms with Gasteiger partial charge >= 0.3 is 6.18 Å². The highest BCUT2D eigenvalue weighted by molar-refractivity contribution is 5.93. The van der Waals surface area contributed by atoms with Crippen molar-refractivity contribution >= 4 is 22.8 Å². The number of ether oxygens (including phenoxy) is 1. The number of alkyl halides is 3. The summed E-state index contributed by atoms with van der Waals surface area (Å²) in [7, 11) is 0. The number of aromatic nitrogens is 3. The summed E-state index contributed by atoms with van der Waals surface area (Å²) in [5, 5.41) is 2.95. The Labute approximate surface area is 238 Å². The lowest BCUT2D eigenvalue weighted by Crippen LogP contribution is -2.52. The summed E-state index contributed by atoms with van der Waals surface area (Å²) in [4.78, 5) is 32.5. The zero-order valence-corrected chi connectivity index (χ0v) is 23.6. The second-order valence-electron chi connectivity index (χ2n) is 12.3. The fourth-order valence-electron chi connectivity index (χ4n) is 6.56. The van der Waals surface area contributed by atoms with Gasteiger partial charge in [-0.2, -0.15) is 13.2 Å². The molecule has 0 unspecified atom stereocenters. The minimum absolute atomic E-state index is 0.0498. The summed E-state index contributed by atoms with van der Waals surface area (Å²) in [5.74, 6) is -0.511.